The van der Waals surface area contributed by atoms with Crippen LogP contribution in [0.4, 0.5) is 0 Å². The zero-order valence-electron chi connectivity index (χ0n) is 10.2. The van der Waals surface area contributed by atoms with Crippen molar-refractivity contribution in [2.45, 2.75) is 12.8 Å². The molecule has 17 heavy (non-hydrogen) atoms. The first-order valence-electron chi connectivity index (χ1n) is 5.49. The predicted octanol–water partition coefficient (Wildman–Crippen LogP) is 1.79. The fourth-order valence-corrected chi connectivity index (χ4v) is 1.76. The van der Waals surface area contributed by atoms with Gasteiger partial charge in [-0.05, 0) is 30.0 Å². The van der Waals surface area contributed by atoms with E-state index in [1.807, 2.05) is 6.07 Å². The number of rotatable bonds is 7. The largest absolute Gasteiger partial charge is 0.504 e. The first-order valence-corrected chi connectivity index (χ1v) is 5.49. The number of phenolic OH excluding ortho intramolecular Hbond substituents is 1. The second kappa shape index (κ2) is 6.91. The predicted molar refractivity (Wildman–Crippen MR) is 64.4 cm³/mol. The molecule has 4 heteroatoms. The summed E-state index contributed by atoms with van der Waals surface area (Å²) in [6, 6.07) is 5.20. The maximum Gasteiger partial charge on any atom is 0.160 e. The number of aldehydes is 1. The Morgan fingerprint density at radius 2 is 2.18 bits per heavy atom. The number of hydrogen-bond donors (Lipinski definition) is 1. The lowest BCUT2D eigenvalue weighted by atomic mass is 9.97. The quantitative estimate of drug-likeness (QED) is 0.736. The average molecular weight is 238 g/mol. The number of hydrogen-bond acceptors (Lipinski definition) is 4. The Labute approximate surface area is 101 Å². The Kier molecular flexibility index (Phi) is 5.49. The minimum Gasteiger partial charge on any atom is -0.504 e. The van der Waals surface area contributed by atoms with E-state index in [0.717, 1.165) is 18.3 Å². The number of phenols is 1. The van der Waals surface area contributed by atoms with Gasteiger partial charge in [0.25, 0.3) is 0 Å². The minimum atomic E-state index is 0.120. The van der Waals surface area contributed by atoms with Crippen LogP contribution in [0, 0.1) is 5.92 Å². The van der Waals surface area contributed by atoms with Gasteiger partial charge in [0.1, 0.15) is 6.29 Å². The fourth-order valence-electron chi connectivity index (χ4n) is 1.76. The Hall–Kier alpha value is -1.55. The third kappa shape index (κ3) is 4.07. The maximum atomic E-state index is 10.5. The van der Waals surface area contributed by atoms with E-state index in [0.29, 0.717) is 18.8 Å². The van der Waals surface area contributed by atoms with Crippen molar-refractivity contribution in [3.8, 4) is 11.5 Å². The average Bonchev–Trinajstić information content (AvgIpc) is 2.32. The van der Waals surface area contributed by atoms with Crippen molar-refractivity contribution >= 4 is 6.29 Å². The highest BCUT2D eigenvalue weighted by Gasteiger charge is 2.11. The SMILES string of the molecule is COCC(CC=O)Cc1ccc(O)c(OC)c1. The van der Waals surface area contributed by atoms with Crippen LogP contribution in [0.1, 0.15) is 12.0 Å². The fraction of sp³-hybridized carbons (Fsp3) is 0.462. The van der Waals surface area contributed by atoms with Crippen LogP contribution in [0.25, 0.3) is 0 Å². The molecule has 0 amide bonds. The van der Waals surface area contributed by atoms with Gasteiger partial charge in [-0.1, -0.05) is 6.07 Å². The maximum absolute atomic E-state index is 10.5. The van der Waals surface area contributed by atoms with Crippen LogP contribution in [0.15, 0.2) is 18.2 Å². The van der Waals surface area contributed by atoms with Crippen molar-refractivity contribution in [3.63, 3.8) is 0 Å². The highest BCUT2D eigenvalue weighted by atomic mass is 16.5. The summed E-state index contributed by atoms with van der Waals surface area (Å²) in [4.78, 5) is 10.5. The highest BCUT2D eigenvalue weighted by Crippen LogP contribution is 2.27. The summed E-state index contributed by atoms with van der Waals surface area (Å²) in [7, 11) is 3.13. The van der Waals surface area contributed by atoms with Crippen LogP contribution in [0.5, 0.6) is 11.5 Å². The Balaban J connectivity index is 2.74. The molecule has 0 fully saturated rings. The van der Waals surface area contributed by atoms with E-state index < -0.39 is 0 Å². The van der Waals surface area contributed by atoms with E-state index in [1.165, 1.54) is 7.11 Å². The second-order valence-corrected chi connectivity index (χ2v) is 3.93. The van der Waals surface area contributed by atoms with Gasteiger partial charge in [0.05, 0.1) is 7.11 Å². The summed E-state index contributed by atoms with van der Waals surface area (Å²) >= 11 is 0. The molecule has 1 unspecified atom stereocenters. The van der Waals surface area contributed by atoms with Crippen molar-refractivity contribution < 1.29 is 19.4 Å². The van der Waals surface area contributed by atoms with Gasteiger partial charge in [-0.25, -0.2) is 0 Å². The van der Waals surface area contributed by atoms with E-state index in [4.69, 9.17) is 9.47 Å². The second-order valence-electron chi connectivity index (χ2n) is 3.93. The summed E-state index contributed by atoms with van der Waals surface area (Å²) in [6.07, 6.45) is 2.10. The Morgan fingerprint density at radius 3 is 2.76 bits per heavy atom. The van der Waals surface area contributed by atoms with Gasteiger partial charge in [0.2, 0.25) is 0 Å². The number of carbonyl (C=O) groups is 1. The molecule has 1 atom stereocenters. The van der Waals surface area contributed by atoms with Gasteiger partial charge in [-0.3, -0.25) is 0 Å². The van der Waals surface area contributed by atoms with Crippen molar-refractivity contribution in [2.75, 3.05) is 20.8 Å². The molecule has 1 N–H and O–H groups in total. The van der Waals surface area contributed by atoms with Gasteiger partial charge in [0, 0.05) is 20.1 Å². The number of aromatic hydroxyl groups is 1. The van der Waals surface area contributed by atoms with Crippen molar-refractivity contribution in [1.82, 2.24) is 0 Å². The summed E-state index contributed by atoms with van der Waals surface area (Å²) in [5, 5.41) is 9.47. The van der Waals surface area contributed by atoms with Gasteiger partial charge in [-0.2, -0.15) is 0 Å². The van der Waals surface area contributed by atoms with Gasteiger partial charge >= 0.3 is 0 Å². The van der Waals surface area contributed by atoms with Crippen LogP contribution < -0.4 is 4.74 Å². The zero-order chi connectivity index (χ0) is 12.7. The monoisotopic (exact) mass is 238 g/mol. The van der Waals surface area contributed by atoms with Crippen LogP contribution in [0.3, 0.4) is 0 Å². The van der Waals surface area contributed by atoms with Gasteiger partial charge < -0.3 is 19.4 Å². The molecule has 0 saturated carbocycles. The molecule has 0 bridgehead atoms. The van der Waals surface area contributed by atoms with Crippen molar-refractivity contribution in [3.05, 3.63) is 23.8 Å². The number of ether oxygens (including phenoxy) is 2. The number of carbonyl (C=O) groups excluding carboxylic acids is 1. The lowest BCUT2D eigenvalue weighted by molar-refractivity contribution is -0.109. The van der Waals surface area contributed by atoms with E-state index in [-0.39, 0.29) is 11.7 Å². The van der Waals surface area contributed by atoms with Crippen LogP contribution in [-0.2, 0) is 16.0 Å². The van der Waals surface area contributed by atoms with E-state index in [1.54, 1.807) is 19.2 Å². The molecule has 0 aliphatic rings. The van der Waals surface area contributed by atoms with Crippen molar-refractivity contribution in [1.29, 1.82) is 0 Å². The van der Waals surface area contributed by atoms with E-state index in [9.17, 15) is 9.90 Å². The standard InChI is InChI=1S/C13H18O4/c1-16-9-11(5-6-14)7-10-3-4-12(15)13(8-10)17-2/h3-4,6,8,11,15H,5,7,9H2,1-2H3. The molecule has 0 spiro atoms. The first kappa shape index (κ1) is 13.5. The highest BCUT2D eigenvalue weighted by molar-refractivity contribution is 5.50. The zero-order valence-corrected chi connectivity index (χ0v) is 10.2. The number of methoxy groups -OCH3 is 2. The van der Waals surface area contributed by atoms with Crippen LogP contribution in [-0.4, -0.2) is 32.2 Å². The third-order valence-corrected chi connectivity index (χ3v) is 2.60. The van der Waals surface area contributed by atoms with Crippen molar-refractivity contribution in [2.24, 2.45) is 5.92 Å². The summed E-state index contributed by atoms with van der Waals surface area (Å²) < 4.78 is 10.1. The molecule has 0 aromatic heterocycles. The van der Waals surface area contributed by atoms with Gasteiger partial charge in [0.15, 0.2) is 11.5 Å². The lowest BCUT2D eigenvalue weighted by Crippen LogP contribution is -2.12. The lowest BCUT2D eigenvalue weighted by Gasteiger charge is -2.14. The molecular formula is C13H18O4. The first-order chi connectivity index (χ1) is 8.21. The smallest absolute Gasteiger partial charge is 0.160 e. The number of benzene rings is 1. The molecule has 0 radical (unpaired) electrons. The van der Waals surface area contributed by atoms with Crippen LogP contribution >= 0.6 is 0 Å². The van der Waals surface area contributed by atoms with Gasteiger partial charge in [-0.15, -0.1) is 0 Å². The molecule has 1 rings (SSSR count). The molecule has 4 nitrogen and oxygen atoms in total. The molecular weight excluding hydrogens is 220 g/mol. The van der Waals surface area contributed by atoms with Crippen LogP contribution in [0.2, 0.25) is 0 Å². The van der Waals surface area contributed by atoms with E-state index in [2.05, 4.69) is 0 Å². The Morgan fingerprint density at radius 1 is 1.41 bits per heavy atom. The summed E-state index contributed by atoms with van der Waals surface area (Å²) in [5.74, 6) is 0.728. The molecule has 0 aliphatic carbocycles. The molecule has 0 heterocycles. The molecule has 94 valence electrons. The van der Waals surface area contributed by atoms with E-state index >= 15 is 0 Å². The molecule has 0 aliphatic heterocycles. The summed E-state index contributed by atoms with van der Waals surface area (Å²) in [6.45, 7) is 0.544. The topological polar surface area (TPSA) is 55.8 Å². The normalized spacial score (nSPS) is 12.1. The molecule has 0 saturated heterocycles. The molecule has 1 aromatic rings. The molecule has 1 aromatic carbocycles. The third-order valence-electron chi connectivity index (χ3n) is 2.60. The minimum absolute atomic E-state index is 0.120. The Bertz CT molecular complexity index is 362. The summed E-state index contributed by atoms with van der Waals surface area (Å²) in [5.41, 5.74) is 1.02.